The van der Waals surface area contributed by atoms with Gasteiger partial charge in [-0.2, -0.15) is 0 Å². The van der Waals surface area contributed by atoms with Crippen molar-refractivity contribution in [1.82, 2.24) is 0 Å². The Labute approximate surface area is 124 Å². The van der Waals surface area contributed by atoms with Crippen LogP contribution >= 0.6 is 15.9 Å². The summed E-state index contributed by atoms with van der Waals surface area (Å²) in [4.78, 5) is 0. The molecule has 0 spiro atoms. The lowest BCUT2D eigenvalue weighted by Crippen LogP contribution is -2.07. The quantitative estimate of drug-likeness (QED) is 0.853. The number of rotatable bonds is 4. The second kappa shape index (κ2) is 6.22. The minimum atomic E-state index is -0.407. The van der Waals surface area contributed by atoms with Crippen LogP contribution in [0.5, 0.6) is 5.75 Å². The van der Waals surface area contributed by atoms with Crippen LogP contribution in [0.4, 0.5) is 14.5 Å². The Kier molecular flexibility index (Phi) is 4.60. The predicted octanol–water partition coefficient (Wildman–Crippen LogP) is 4.91. The summed E-state index contributed by atoms with van der Waals surface area (Å²) in [6.45, 7) is 1.94. The third kappa shape index (κ3) is 3.28. The highest BCUT2D eigenvalue weighted by atomic mass is 79.9. The van der Waals surface area contributed by atoms with Crippen LogP contribution in [0.2, 0.25) is 0 Å². The fourth-order valence-corrected chi connectivity index (χ4v) is 2.26. The number of nitrogens with one attached hydrogen (secondary N) is 1. The average Bonchev–Trinajstić information content (AvgIpc) is 2.43. The van der Waals surface area contributed by atoms with Gasteiger partial charge in [-0.15, -0.1) is 0 Å². The molecule has 2 aromatic carbocycles. The van der Waals surface area contributed by atoms with Crippen molar-refractivity contribution in [2.24, 2.45) is 0 Å². The third-order valence-electron chi connectivity index (χ3n) is 2.98. The van der Waals surface area contributed by atoms with Gasteiger partial charge in [0.25, 0.3) is 0 Å². The van der Waals surface area contributed by atoms with Gasteiger partial charge in [-0.3, -0.25) is 0 Å². The predicted molar refractivity (Wildman–Crippen MR) is 79.1 cm³/mol. The normalized spacial score (nSPS) is 12.1. The molecule has 0 saturated carbocycles. The second-order valence-corrected chi connectivity index (χ2v) is 5.24. The first-order valence-corrected chi connectivity index (χ1v) is 6.85. The highest BCUT2D eigenvalue weighted by Gasteiger charge is 2.10. The Morgan fingerprint density at radius 2 is 1.80 bits per heavy atom. The molecule has 2 rings (SSSR count). The maximum atomic E-state index is 13.3. The van der Waals surface area contributed by atoms with Crippen molar-refractivity contribution in [3.05, 3.63) is 58.1 Å². The monoisotopic (exact) mass is 341 g/mol. The molecule has 1 N–H and O–H groups in total. The molecule has 0 aliphatic carbocycles. The van der Waals surface area contributed by atoms with E-state index in [-0.39, 0.29) is 17.6 Å². The molecule has 2 aromatic rings. The maximum Gasteiger partial charge on any atom is 0.165 e. The van der Waals surface area contributed by atoms with Crippen LogP contribution < -0.4 is 10.1 Å². The number of methoxy groups -OCH3 is 1. The lowest BCUT2D eigenvalue weighted by Gasteiger charge is -2.17. The number of halogens is 3. The molecule has 0 heterocycles. The van der Waals surface area contributed by atoms with Crippen molar-refractivity contribution >= 4 is 21.6 Å². The molecule has 0 aliphatic rings. The SMILES string of the molecule is COc1cc(NC(C)c2ccc(F)c(Br)c2)ccc1F. The molecule has 5 heteroatoms. The zero-order chi connectivity index (χ0) is 14.7. The van der Waals surface area contributed by atoms with Crippen molar-refractivity contribution in [3.63, 3.8) is 0 Å². The molecule has 0 bridgehead atoms. The Hall–Kier alpha value is -1.62. The van der Waals surface area contributed by atoms with E-state index in [2.05, 4.69) is 21.2 Å². The first-order chi connectivity index (χ1) is 9.51. The lowest BCUT2D eigenvalue weighted by atomic mass is 10.1. The molecule has 20 heavy (non-hydrogen) atoms. The van der Waals surface area contributed by atoms with Gasteiger partial charge in [0.15, 0.2) is 11.6 Å². The van der Waals surface area contributed by atoms with Gasteiger partial charge < -0.3 is 10.1 Å². The number of ether oxygens (including phenoxy) is 1. The molecular weight excluding hydrogens is 328 g/mol. The lowest BCUT2D eigenvalue weighted by molar-refractivity contribution is 0.387. The summed E-state index contributed by atoms with van der Waals surface area (Å²) in [6, 6.07) is 9.34. The molecule has 0 radical (unpaired) electrons. The van der Waals surface area contributed by atoms with Gasteiger partial charge in [-0.05, 0) is 52.7 Å². The second-order valence-electron chi connectivity index (χ2n) is 4.39. The van der Waals surface area contributed by atoms with E-state index >= 15 is 0 Å². The number of benzene rings is 2. The van der Waals surface area contributed by atoms with Crippen LogP contribution in [-0.2, 0) is 0 Å². The van der Waals surface area contributed by atoms with Crippen LogP contribution in [0.1, 0.15) is 18.5 Å². The van der Waals surface area contributed by atoms with E-state index in [4.69, 9.17) is 4.74 Å². The molecule has 0 aliphatic heterocycles. The van der Waals surface area contributed by atoms with Crippen LogP contribution in [-0.4, -0.2) is 7.11 Å². The van der Waals surface area contributed by atoms with Gasteiger partial charge in [0.1, 0.15) is 5.82 Å². The van der Waals surface area contributed by atoms with E-state index in [1.54, 1.807) is 24.3 Å². The van der Waals surface area contributed by atoms with Crippen LogP contribution in [0.15, 0.2) is 40.9 Å². The Balaban J connectivity index is 2.18. The van der Waals surface area contributed by atoms with Crippen molar-refractivity contribution in [3.8, 4) is 5.75 Å². The minimum Gasteiger partial charge on any atom is -0.494 e. The van der Waals surface area contributed by atoms with Gasteiger partial charge >= 0.3 is 0 Å². The molecule has 106 valence electrons. The maximum absolute atomic E-state index is 13.3. The van der Waals surface area contributed by atoms with E-state index in [0.29, 0.717) is 4.47 Å². The van der Waals surface area contributed by atoms with E-state index in [9.17, 15) is 8.78 Å². The van der Waals surface area contributed by atoms with Gasteiger partial charge in [0, 0.05) is 17.8 Å². The molecular formula is C15H14BrF2NO. The molecule has 1 atom stereocenters. The summed E-state index contributed by atoms with van der Waals surface area (Å²) in [5.41, 5.74) is 1.65. The standard InChI is InChI=1S/C15H14BrF2NO/c1-9(10-3-5-13(17)12(16)7-10)19-11-4-6-14(18)15(8-11)20-2/h3-9,19H,1-2H3. The molecule has 2 nitrogen and oxygen atoms in total. The molecule has 0 aromatic heterocycles. The summed E-state index contributed by atoms with van der Waals surface area (Å²) in [5, 5.41) is 3.22. The molecule has 0 saturated heterocycles. The highest BCUT2D eigenvalue weighted by Crippen LogP contribution is 2.27. The number of hydrogen-bond acceptors (Lipinski definition) is 2. The first-order valence-electron chi connectivity index (χ1n) is 6.06. The first kappa shape index (κ1) is 14.8. The van der Waals surface area contributed by atoms with Crippen molar-refractivity contribution < 1.29 is 13.5 Å². The summed E-state index contributed by atoms with van der Waals surface area (Å²) in [6.07, 6.45) is 0. The van der Waals surface area contributed by atoms with Crippen LogP contribution in [0.25, 0.3) is 0 Å². The summed E-state index contributed by atoms with van der Waals surface area (Å²) in [5.74, 6) is -0.526. The van der Waals surface area contributed by atoms with E-state index in [1.807, 2.05) is 6.92 Å². The highest BCUT2D eigenvalue weighted by molar-refractivity contribution is 9.10. The Morgan fingerprint density at radius 3 is 2.45 bits per heavy atom. The van der Waals surface area contributed by atoms with E-state index in [0.717, 1.165) is 11.3 Å². The zero-order valence-electron chi connectivity index (χ0n) is 11.1. The van der Waals surface area contributed by atoms with Gasteiger partial charge in [-0.1, -0.05) is 6.07 Å². The zero-order valence-corrected chi connectivity index (χ0v) is 12.7. The van der Waals surface area contributed by atoms with Crippen molar-refractivity contribution in [1.29, 1.82) is 0 Å². The summed E-state index contributed by atoms with van der Waals surface area (Å²) < 4.78 is 31.9. The van der Waals surface area contributed by atoms with Gasteiger partial charge in [0.05, 0.1) is 11.6 Å². The topological polar surface area (TPSA) is 21.3 Å². The smallest absolute Gasteiger partial charge is 0.165 e. The Bertz CT molecular complexity index is 619. The number of anilines is 1. The summed E-state index contributed by atoms with van der Waals surface area (Å²) >= 11 is 3.16. The third-order valence-corrected chi connectivity index (χ3v) is 3.59. The molecule has 0 amide bonds. The van der Waals surface area contributed by atoms with Crippen molar-refractivity contribution in [2.45, 2.75) is 13.0 Å². The fraction of sp³-hybridized carbons (Fsp3) is 0.200. The van der Waals surface area contributed by atoms with Crippen LogP contribution in [0.3, 0.4) is 0 Å². The largest absolute Gasteiger partial charge is 0.494 e. The van der Waals surface area contributed by atoms with Gasteiger partial charge in [0.2, 0.25) is 0 Å². The van der Waals surface area contributed by atoms with Crippen LogP contribution in [0, 0.1) is 11.6 Å². The molecule has 1 unspecified atom stereocenters. The minimum absolute atomic E-state index is 0.0536. The average molecular weight is 342 g/mol. The molecule has 0 fully saturated rings. The fourth-order valence-electron chi connectivity index (χ4n) is 1.86. The van der Waals surface area contributed by atoms with E-state index < -0.39 is 5.82 Å². The Morgan fingerprint density at radius 1 is 1.10 bits per heavy atom. The van der Waals surface area contributed by atoms with E-state index in [1.165, 1.54) is 19.2 Å². The van der Waals surface area contributed by atoms with Crippen molar-refractivity contribution in [2.75, 3.05) is 12.4 Å². The summed E-state index contributed by atoms with van der Waals surface area (Å²) in [7, 11) is 1.42. The number of hydrogen-bond donors (Lipinski definition) is 1. The van der Waals surface area contributed by atoms with Gasteiger partial charge in [-0.25, -0.2) is 8.78 Å².